The first-order chi connectivity index (χ1) is 6.95. The summed E-state index contributed by atoms with van der Waals surface area (Å²) in [7, 11) is 0. The van der Waals surface area contributed by atoms with Crippen LogP contribution in [0.1, 0.15) is 38.5 Å². The van der Waals surface area contributed by atoms with Gasteiger partial charge in [0, 0.05) is 6.04 Å². The van der Waals surface area contributed by atoms with Gasteiger partial charge in [-0.2, -0.15) is 13.2 Å². The molecule has 88 valence electrons. The van der Waals surface area contributed by atoms with Gasteiger partial charge in [0.15, 0.2) is 0 Å². The van der Waals surface area contributed by atoms with Gasteiger partial charge >= 0.3 is 6.18 Å². The molecule has 0 aromatic rings. The van der Waals surface area contributed by atoms with Gasteiger partial charge in [0.1, 0.15) is 5.54 Å². The molecule has 0 aromatic heterocycles. The summed E-state index contributed by atoms with van der Waals surface area (Å²) in [6.07, 6.45) is -1.39. The van der Waals surface area contributed by atoms with Crippen molar-refractivity contribution in [3.05, 3.63) is 0 Å². The summed E-state index contributed by atoms with van der Waals surface area (Å²) >= 11 is 0. The van der Waals surface area contributed by atoms with Crippen LogP contribution >= 0.6 is 0 Å². The van der Waals surface area contributed by atoms with Crippen LogP contribution in [0.15, 0.2) is 0 Å². The van der Waals surface area contributed by atoms with E-state index in [2.05, 4.69) is 5.32 Å². The molecule has 0 bridgehead atoms. The minimum absolute atomic E-state index is 0.153. The number of aliphatic hydroxyl groups excluding tert-OH is 1. The lowest BCUT2D eigenvalue weighted by atomic mass is 9.91. The van der Waals surface area contributed by atoms with Gasteiger partial charge in [-0.25, -0.2) is 0 Å². The van der Waals surface area contributed by atoms with Gasteiger partial charge in [0.05, 0.1) is 6.10 Å². The molecule has 0 saturated heterocycles. The van der Waals surface area contributed by atoms with Crippen molar-refractivity contribution in [2.75, 3.05) is 0 Å². The molecule has 0 spiro atoms. The maximum absolute atomic E-state index is 12.6. The number of nitrogens with one attached hydrogen (secondary N) is 1. The zero-order valence-electron chi connectivity index (χ0n) is 8.48. The molecular formula is C10H16F3NO. The van der Waals surface area contributed by atoms with Crippen LogP contribution < -0.4 is 5.32 Å². The first kappa shape index (κ1) is 11.2. The molecule has 5 heteroatoms. The molecule has 2 atom stereocenters. The molecule has 0 aromatic carbocycles. The van der Waals surface area contributed by atoms with Crippen LogP contribution in [0.3, 0.4) is 0 Å². The van der Waals surface area contributed by atoms with Gasteiger partial charge in [-0.05, 0) is 25.7 Å². The van der Waals surface area contributed by atoms with Crippen molar-refractivity contribution in [2.45, 2.75) is 62.4 Å². The standard InChI is InChI=1S/C10H16F3NO/c11-10(12,13)9(5-6-9)14-7-3-1-2-4-8(7)15/h7-8,14-15H,1-6H2. The Hall–Kier alpha value is -0.290. The first-order valence-electron chi connectivity index (χ1n) is 5.47. The minimum atomic E-state index is -4.18. The highest BCUT2D eigenvalue weighted by Gasteiger charge is 2.64. The molecule has 0 heterocycles. The highest BCUT2D eigenvalue weighted by molar-refractivity contribution is 5.10. The van der Waals surface area contributed by atoms with Crippen LogP contribution in [0.2, 0.25) is 0 Å². The highest BCUT2D eigenvalue weighted by Crippen LogP contribution is 2.49. The Bertz CT molecular complexity index is 237. The summed E-state index contributed by atoms with van der Waals surface area (Å²) in [6, 6.07) is -0.372. The van der Waals surface area contributed by atoms with Crippen molar-refractivity contribution in [3.8, 4) is 0 Å². The maximum atomic E-state index is 12.6. The monoisotopic (exact) mass is 223 g/mol. The first-order valence-corrected chi connectivity index (χ1v) is 5.47. The summed E-state index contributed by atoms with van der Waals surface area (Å²) in [6.45, 7) is 0. The Morgan fingerprint density at radius 2 is 1.73 bits per heavy atom. The number of hydrogen-bond acceptors (Lipinski definition) is 2. The summed E-state index contributed by atoms with van der Waals surface area (Å²) in [4.78, 5) is 0. The van der Waals surface area contributed by atoms with E-state index in [9.17, 15) is 18.3 Å². The van der Waals surface area contributed by atoms with E-state index >= 15 is 0 Å². The van der Waals surface area contributed by atoms with Crippen LogP contribution in [0.5, 0.6) is 0 Å². The van der Waals surface area contributed by atoms with Crippen molar-refractivity contribution >= 4 is 0 Å². The zero-order valence-corrected chi connectivity index (χ0v) is 8.48. The second-order valence-corrected chi connectivity index (χ2v) is 4.68. The average molecular weight is 223 g/mol. The molecule has 2 aliphatic carbocycles. The van der Waals surface area contributed by atoms with Gasteiger partial charge in [0.2, 0.25) is 0 Å². The predicted octanol–water partition coefficient (Wildman–Crippen LogP) is 1.97. The molecule has 2 aliphatic rings. The van der Waals surface area contributed by atoms with E-state index in [4.69, 9.17) is 0 Å². The van der Waals surface area contributed by atoms with Crippen molar-refractivity contribution < 1.29 is 18.3 Å². The molecule has 15 heavy (non-hydrogen) atoms. The highest BCUT2D eigenvalue weighted by atomic mass is 19.4. The minimum Gasteiger partial charge on any atom is -0.392 e. The van der Waals surface area contributed by atoms with E-state index in [-0.39, 0.29) is 18.9 Å². The summed E-state index contributed by atoms with van der Waals surface area (Å²) in [5, 5.41) is 12.2. The van der Waals surface area contributed by atoms with Crippen LogP contribution in [-0.4, -0.2) is 29.0 Å². The Balaban J connectivity index is 1.96. The van der Waals surface area contributed by atoms with Gasteiger partial charge < -0.3 is 5.11 Å². The summed E-state index contributed by atoms with van der Waals surface area (Å²) < 4.78 is 37.9. The fourth-order valence-electron chi connectivity index (χ4n) is 2.27. The lowest BCUT2D eigenvalue weighted by molar-refractivity contribution is -0.170. The third-order valence-electron chi connectivity index (χ3n) is 3.48. The molecule has 2 nitrogen and oxygen atoms in total. The molecule has 0 aliphatic heterocycles. The van der Waals surface area contributed by atoms with Crippen LogP contribution in [-0.2, 0) is 0 Å². The second-order valence-electron chi connectivity index (χ2n) is 4.68. The van der Waals surface area contributed by atoms with Crippen molar-refractivity contribution in [1.29, 1.82) is 0 Å². The number of alkyl halides is 3. The second kappa shape index (κ2) is 3.63. The molecule has 0 amide bonds. The van der Waals surface area contributed by atoms with Crippen molar-refractivity contribution in [1.82, 2.24) is 5.32 Å². The average Bonchev–Trinajstić information content (AvgIpc) is 2.89. The van der Waals surface area contributed by atoms with Crippen molar-refractivity contribution in [2.24, 2.45) is 0 Å². The normalized spacial score (nSPS) is 35.2. The smallest absolute Gasteiger partial charge is 0.392 e. The Morgan fingerprint density at radius 1 is 1.13 bits per heavy atom. The molecular weight excluding hydrogens is 207 g/mol. The van der Waals surface area contributed by atoms with Crippen LogP contribution in [0.25, 0.3) is 0 Å². The molecule has 2 fully saturated rings. The molecule has 2 unspecified atom stereocenters. The molecule has 0 radical (unpaired) electrons. The van der Waals surface area contributed by atoms with Gasteiger partial charge in [-0.3, -0.25) is 5.32 Å². The van der Waals surface area contributed by atoms with E-state index in [0.29, 0.717) is 12.8 Å². The number of halogens is 3. The van der Waals surface area contributed by atoms with Crippen LogP contribution in [0.4, 0.5) is 13.2 Å². The fraction of sp³-hybridized carbons (Fsp3) is 1.00. The Kier molecular flexibility index (Phi) is 2.71. The number of aliphatic hydroxyl groups is 1. The lowest BCUT2D eigenvalue weighted by Crippen LogP contribution is -2.54. The van der Waals surface area contributed by atoms with Crippen LogP contribution in [0, 0.1) is 0 Å². The molecule has 2 rings (SSSR count). The van der Waals surface area contributed by atoms with Gasteiger partial charge in [-0.15, -0.1) is 0 Å². The molecule has 2 saturated carbocycles. The van der Waals surface area contributed by atoms with Gasteiger partial charge in [-0.1, -0.05) is 12.8 Å². The lowest BCUT2D eigenvalue weighted by Gasteiger charge is -2.33. The zero-order chi connectivity index (χ0) is 11.1. The third kappa shape index (κ3) is 2.13. The largest absolute Gasteiger partial charge is 0.406 e. The topological polar surface area (TPSA) is 32.3 Å². The van der Waals surface area contributed by atoms with E-state index in [1.807, 2.05) is 0 Å². The maximum Gasteiger partial charge on any atom is 0.406 e. The molecule has 2 N–H and O–H groups in total. The summed E-state index contributed by atoms with van der Waals surface area (Å²) in [5.74, 6) is 0. The Labute approximate surface area is 86.9 Å². The SMILES string of the molecule is OC1CCCCC1NC1(C(F)(F)F)CC1. The quantitative estimate of drug-likeness (QED) is 0.750. The third-order valence-corrected chi connectivity index (χ3v) is 3.48. The van der Waals surface area contributed by atoms with E-state index in [0.717, 1.165) is 12.8 Å². The van der Waals surface area contributed by atoms with E-state index in [1.54, 1.807) is 0 Å². The number of rotatable bonds is 2. The predicted molar refractivity (Wildman–Crippen MR) is 49.4 cm³/mol. The Morgan fingerprint density at radius 3 is 2.20 bits per heavy atom. The van der Waals surface area contributed by atoms with E-state index < -0.39 is 17.8 Å². The summed E-state index contributed by atoms with van der Waals surface area (Å²) in [5.41, 5.74) is -1.68. The van der Waals surface area contributed by atoms with Gasteiger partial charge in [0.25, 0.3) is 0 Å². The van der Waals surface area contributed by atoms with E-state index in [1.165, 1.54) is 0 Å². The number of hydrogen-bond donors (Lipinski definition) is 2. The van der Waals surface area contributed by atoms with Crippen molar-refractivity contribution in [3.63, 3.8) is 0 Å². The fourth-order valence-corrected chi connectivity index (χ4v) is 2.27.